The number of ether oxygens (including phenoxy) is 1. The van der Waals surface area contributed by atoms with Crippen molar-refractivity contribution < 1.29 is 13.9 Å². The van der Waals surface area contributed by atoms with Crippen molar-refractivity contribution in [3.05, 3.63) is 52.9 Å². The van der Waals surface area contributed by atoms with Crippen molar-refractivity contribution in [2.24, 2.45) is 5.41 Å². The number of carbonyl (C=O) groups excluding carboxylic acids is 1. The topological polar surface area (TPSA) is 87.2 Å². The minimum absolute atomic E-state index is 0.149. The first-order chi connectivity index (χ1) is 11.8. The molecule has 130 valence electrons. The van der Waals surface area contributed by atoms with Crippen LogP contribution in [-0.4, -0.2) is 20.5 Å². The molecule has 0 fully saturated rings. The zero-order chi connectivity index (χ0) is 18.2. The lowest BCUT2D eigenvalue weighted by atomic mass is 9.90. The SMILES string of the molecule is Cc1cc(=O)oc2cc(OC(C(=O)C(C)(C)C)n3cncn3)ccc12. The van der Waals surface area contributed by atoms with Crippen molar-refractivity contribution in [1.29, 1.82) is 0 Å². The molecule has 3 aromatic rings. The zero-order valence-electron chi connectivity index (χ0n) is 14.5. The Morgan fingerprint density at radius 1 is 1.28 bits per heavy atom. The monoisotopic (exact) mass is 341 g/mol. The first kappa shape index (κ1) is 16.9. The van der Waals surface area contributed by atoms with E-state index in [0.717, 1.165) is 10.9 Å². The van der Waals surface area contributed by atoms with Gasteiger partial charge in [0.05, 0.1) is 0 Å². The third-order valence-electron chi connectivity index (χ3n) is 3.81. The van der Waals surface area contributed by atoms with E-state index < -0.39 is 17.3 Å². The summed E-state index contributed by atoms with van der Waals surface area (Å²) < 4.78 is 12.5. The van der Waals surface area contributed by atoms with E-state index in [4.69, 9.17) is 9.15 Å². The normalized spacial score (nSPS) is 13.0. The van der Waals surface area contributed by atoms with Crippen LogP contribution >= 0.6 is 0 Å². The molecule has 3 rings (SSSR count). The van der Waals surface area contributed by atoms with Crippen LogP contribution in [0.5, 0.6) is 5.75 Å². The largest absolute Gasteiger partial charge is 0.461 e. The number of rotatable bonds is 4. The number of benzene rings is 1. The van der Waals surface area contributed by atoms with Crippen LogP contribution in [0, 0.1) is 12.3 Å². The van der Waals surface area contributed by atoms with E-state index >= 15 is 0 Å². The Hall–Kier alpha value is -2.96. The van der Waals surface area contributed by atoms with Crippen molar-refractivity contribution in [3.8, 4) is 5.75 Å². The number of carbonyl (C=O) groups is 1. The Morgan fingerprint density at radius 2 is 2.04 bits per heavy atom. The van der Waals surface area contributed by atoms with Gasteiger partial charge < -0.3 is 9.15 Å². The fourth-order valence-corrected chi connectivity index (χ4v) is 2.44. The summed E-state index contributed by atoms with van der Waals surface area (Å²) in [4.78, 5) is 28.2. The van der Waals surface area contributed by atoms with Crippen LogP contribution in [-0.2, 0) is 4.79 Å². The third kappa shape index (κ3) is 3.45. The molecule has 0 saturated heterocycles. The Kier molecular flexibility index (Phi) is 4.16. The summed E-state index contributed by atoms with van der Waals surface area (Å²) in [5.74, 6) is 0.253. The van der Waals surface area contributed by atoms with Gasteiger partial charge in [0.15, 0.2) is 0 Å². The van der Waals surface area contributed by atoms with Gasteiger partial charge in [0, 0.05) is 22.9 Å². The van der Waals surface area contributed by atoms with Crippen molar-refractivity contribution in [2.45, 2.75) is 33.9 Å². The first-order valence-corrected chi connectivity index (χ1v) is 7.85. The smallest absolute Gasteiger partial charge is 0.336 e. The van der Waals surface area contributed by atoms with Gasteiger partial charge in [-0.2, -0.15) is 5.10 Å². The second kappa shape index (κ2) is 6.16. The van der Waals surface area contributed by atoms with E-state index in [-0.39, 0.29) is 5.78 Å². The molecule has 1 atom stereocenters. The average molecular weight is 341 g/mol. The molecule has 1 aromatic carbocycles. The standard InChI is InChI=1S/C18H19N3O4/c1-11-7-15(22)25-14-8-12(5-6-13(11)14)24-17(16(23)18(2,3)4)21-10-19-9-20-21/h5-10,17H,1-4H3. The van der Waals surface area contributed by atoms with Crippen molar-refractivity contribution in [2.75, 3.05) is 0 Å². The second-order valence-corrected chi connectivity index (χ2v) is 6.87. The number of hydrogen-bond acceptors (Lipinski definition) is 6. The number of fused-ring (bicyclic) bond motifs is 1. The molecule has 0 radical (unpaired) electrons. The molecule has 7 heteroatoms. The number of nitrogens with zero attached hydrogens (tertiary/aromatic N) is 3. The molecule has 0 N–H and O–H groups in total. The molecule has 0 aliphatic carbocycles. The summed E-state index contributed by atoms with van der Waals surface area (Å²) in [6.07, 6.45) is 1.81. The van der Waals surface area contributed by atoms with Gasteiger partial charge in [0.2, 0.25) is 5.78 Å². The first-order valence-electron chi connectivity index (χ1n) is 7.85. The zero-order valence-corrected chi connectivity index (χ0v) is 14.5. The Balaban J connectivity index is 2.01. The number of ketones is 1. The molecule has 0 aliphatic rings. The Bertz CT molecular complexity index is 968. The lowest BCUT2D eigenvalue weighted by Crippen LogP contribution is -2.34. The van der Waals surface area contributed by atoms with Gasteiger partial charge in [-0.15, -0.1) is 0 Å². The molecule has 0 spiro atoms. The highest BCUT2D eigenvalue weighted by Gasteiger charge is 2.33. The highest BCUT2D eigenvalue weighted by Crippen LogP contribution is 2.28. The highest BCUT2D eigenvalue weighted by molar-refractivity contribution is 5.86. The van der Waals surface area contributed by atoms with E-state index in [2.05, 4.69) is 10.1 Å². The van der Waals surface area contributed by atoms with Crippen LogP contribution in [0.4, 0.5) is 0 Å². The summed E-state index contributed by atoms with van der Waals surface area (Å²) in [5.41, 5.74) is 0.163. The molecule has 0 amide bonds. The number of hydrogen-bond donors (Lipinski definition) is 0. The van der Waals surface area contributed by atoms with E-state index in [1.54, 1.807) is 18.2 Å². The van der Waals surface area contributed by atoms with Crippen LogP contribution in [0.3, 0.4) is 0 Å². The molecule has 2 heterocycles. The number of aryl methyl sites for hydroxylation is 1. The van der Waals surface area contributed by atoms with Crippen LogP contribution < -0.4 is 10.4 Å². The van der Waals surface area contributed by atoms with Gasteiger partial charge in [-0.1, -0.05) is 20.8 Å². The van der Waals surface area contributed by atoms with Gasteiger partial charge in [0.1, 0.15) is 24.0 Å². The Morgan fingerprint density at radius 3 is 2.68 bits per heavy atom. The van der Waals surface area contributed by atoms with Gasteiger partial charge >= 0.3 is 5.63 Å². The summed E-state index contributed by atoms with van der Waals surface area (Å²) in [6, 6.07) is 6.56. The van der Waals surface area contributed by atoms with Crippen LogP contribution in [0.2, 0.25) is 0 Å². The van der Waals surface area contributed by atoms with E-state index in [1.165, 1.54) is 23.4 Å². The van der Waals surface area contributed by atoms with Gasteiger partial charge in [-0.05, 0) is 24.6 Å². The Labute approximate surface area is 144 Å². The van der Waals surface area contributed by atoms with Crippen molar-refractivity contribution >= 4 is 16.8 Å². The number of aromatic nitrogens is 3. The molecule has 2 aromatic heterocycles. The fourth-order valence-electron chi connectivity index (χ4n) is 2.44. The maximum atomic E-state index is 12.8. The lowest BCUT2D eigenvalue weighted by molar-refractivity contribution is -0.138. The summed E-state index contributed by atoms with van der Waals surface area (Å²) in [5, 5.41) is 4.84. The maximum Gasteiger partial charge on any atom is 0.336 e. The lowest BCUT2D eigenvalue weighted by Gasteiger charge is -2.25. The minimum Gasteiger partial charge on any atom is -0.461 e. The molecule has 0 saturated carbocycles. The predicted molar refractivity (Wildman–Crippen MR) is 91.4 cm³/mol. The van der Waals surface area contributed by atoms with Crippen molar-refractivity contribution in [3.63, 3.8) is 0 Å². The second-order valence-electron chi connectivity index (χ2n) is 6.87. The summed E-state index contributed by atoms with van der Waals surface area (Å²) in [7, 11) is 0. The summed E-state index contributed by atoms with van der Waals surface area (Å²) in [6.45, 7) is 7.27. The predicted octanol–water partition coefficient (Wildman–Crippen LogP) is 2.89. The number of Topliss-reactive ketones (excluding diaryl/α,β-unsaturated/α-hetero) is 1. The molecule has 7 nitrogen and oxygen atoms in total. The van der Waals surface area contributed by atoms with Crippen LogP contribution in [0.1, 0.15) is 32.6 Å². The third-order valence-corrected chi connectivity index (χ3v) is 3.81. The fraction of sp³-hybridized carbons (Fsp3) is 0.333. The molecule has 0 bridgehead atoms. The molecule has 25 heavy (non-hydrogen) atoms. The van der Waals surface area contributed by atoms with E-state index in [1.807, 2.05) is 27.7 Å². The van der Waals surface area contributed by atoms with Gasteiger partial charge in [0.25, 0.3) is 6.23 Å². The van der Waals surface area contributed by atoms with Crippen molar-refractivity contribution in [1.82, 2.24) is 14.8 Å². The van der Waals surface area contributed by atoms with Gasteiger partial charge in [-0.25, -0.2) is 14.5 Å². The van der Waals surface area contributed by atoms with Crippen LogP contribution in [0.25, 0.3) is 11.0 Å². The van der Waals surface area contributed by atoms with Gasteiger partial charge in [-0.3, -0.25) is 4.79 Å². The van der Waals surface area contributed by atoms with E-state index in [9.17, 15) is 9.59 Å². The molecular formula is C18H19N3O4. The quantitative estimate of drug-likeness (QED) is 0.678. The van der Waals surface area contributed by atoms with E-state index in [0.29, 0.717) is 11.3 Å². The average Bonchev–Trinajstić information content (AvgIpc) is 3.04. The maximum absolute atomic E-state index is 12.8. The summed E-state index contributed by atoms with van der Waals surface area (Å²) >= 11 is 0. The van der Waals surface area contributed by atoms with Crippen LogP contribution in [0.15, 0.2) is 46.1 Å². The molecule has 1 unspecified atom stereocenters. The molecular weight excluding hydrogens is 322 g/mol. The minimum atomic E-state index is -0.962. The molecule has 0 aliphatic heterocycles. The highest BCUT2D eigenvalue weighted by atomic mass is 16.5.